The first kappa shape index (κ1) is 20.8. The quantitative estimate of drug-likeness (QED) is 0.414. The van der Waals surface area contributed by atoms with Gasteiger partial charge >= 0.3 is 0 Å². The normalized spacial score (nSPS) is 15.8. The van der Waals surface area contributed by atoms with E-state index in [1.54, 1.807) is 32.3 Å². The maximum atomic E-state index is 11.7. The van der Waals surface area contributed by atoms with Crippen molar-refractivity contribution in [3.05, 3.63) is 24.2 Å². The van der Waals surface area contributed by atoms with Gasteiger partial charge in [0.2, 0.25) is 5.91 Å². The van der Waals surface area contributed by atoms with Crippen molar-refractivity contribution in [3.8, 4) is 0 Å². The van der Waals surface area contributed by atoms with Crippen molar-refractivity contribution < 1.29 is 9.21 Å². The third-order valence-electron chi connectivity index (χ3n) is 4.03. The van der Waals surface area contributed by atoms with Gasteiger partial charge in [-0.25, -0.2) is 0 Å². The van der Waals surface area contributed by atoms with Gasteiger partial charge in [0, 0.05) is 60.3 Å². The van der Waals surface area contributed by atoms with Crippen LogP contribution < -0.4 is 5.32 Å². The Hall–Kier alpha value is -1.29. The summed E-state index contributed by atoms with van der Waals surface area (Å²) in [6.07, 6.45) is 2.26. The van der Waals surface area contributed by atoms with Crippen LogP contribution in [0.4, 0.5) is 0 Å². The molecule has 0 spiro atoms. The van der Waals surface area contributed by atoms with Crippen LogP contribution in [0.3, 0.4) is 0 Å². The maximum absolute atomic E-state index is 11.7. The Morgan fingerprint density at radius 2 is 2.04 bits per heavy atom. The van der Waals surface area contributed by atoms with E-state index >= 15 is 0 Å². The van der Waals surface area contributed by atoms with Crippen LogP contribution in [0.25, 0.3) is 0 Å². The van der Waals surface area contributed by atoms with Crippen LogP contribution >= 0.6 is 24.0 Å². The van der Waals surface area contributed by atoms with Gasteiger partial charge < -0.3 is 19.5 Å². The fraction of sp³-hybridized carbons (Fsp3) is 0.625. The van der Waals surface area contributed by atoms with Crippen LogP contribution in [0, 0.1) is 0 Å². The van der Waals surface area contributed by atoms with Gasteiger partial charge in [0.25, 0.3) is 0 Å². The largest absolute Gasteiger partial charge is 0.467 e. The molecule has 0 saturated carbocycles. The smallest absolute Gasteiger partial charge is 0.223 e. The number of nitrogens with one attached hydrogen (secondary N) is 1. The van der Waals surface area contributed by atoms with E-state index in [2.05, 4.69) is 20.1 Å². The highest BCUT2D eigenvalue weighted by Crippen LogP contribution is 2.05. The van der Waals surface area contributed by atoms with Crippen LogP contribution in [-0.2, 0) is 11.3 Å². The molecule has 0 aromatic carbocycles. The van der Waals surface area contributed by atoms with E-state index in [4.69, 9.17) is 4.42 Å². The lowest BCUT2D eigenvalue weighted by molar-refractivity contribution is -0.129. The van der Waals surface area contributed by atoms with E-state index in [0.717, 1.165) is 44.4 Å². The van der Waals surface area contributed by atoms with Crippen molar-refractivity contribution in [3.63, 3.8) is 0 Å². The molecular weight excluding hydrogens is 421 g/mol. The molecule has 0 atom stereocenters. The highest BCUT2D eigenvalue weighted by Gasteiger charge is 2.20. The lowest BCUT2D eigenvalue weighted by Gasteiger charge is -2.36. The Kier molecular flexibility index (Phi) is 9.12. The second kappa shape index (κ2) is 10.5. The van der Waals surface area contributed by atoms with Gasteiger partial charge in [-0.3, -0.25) is 14.7 Å². The fourth-order valence-corrected chi connectivity index (χ4v) is 2.57. The summed E-state index contributed by atoms with van der Waals surface area (Å²) < 4.78 is 5.33. The van der Waals surface area contributed by atoms with E-state index in [9.17, 15) is 4.79 Å². The first-order chi connectivity index (χ1) is 11.1. The van der Waals surface area contributed by atoms with Crippen LogP contribution in [-0.4, -0.2) is 80.4 Å². The van der Waals surface area contributed by atoms with Gasteiger partial charge in [-0.15, -0.1) is 24.0 Å². The van der Waals surface area contributed by atoms with Crippen LogP contribution in [0.5, 0.6) is 0 Å². The van der Waals surface area contributed by atoms with Crippen LogP contribution in [0.1, 0.15) is 12.2 Å². The van der Waals surface area contributed by atoms with Gasteiger partial charge in [-0.05, 0) is 12.1 Å². The Labute approximate surface area is 161 Å². The first-order valence-corrected chi connectivity index (χ1v) is 8.00. The van der Waals surface area contributed by atoms with Crippen molar-refractivity contribution in [2.24, 2.45) is 4.99 Å². The monoisotopic (exact) mass is 449 g/mol. The number of amides is 1. The zero-order valence-corrected chi connectivity index (χ0v) is 17.0. The number of piperazine rings is 1. The van der Waals surface area contributed by atoms with Crippen LogP contribution in [0.2, 0.25) is 0 Å². The molecule has 136 valence electrons. The molecule has 0 radical (unpaired) electrons. The average molecular weight is 449 g/mol. The standard InChI is InChI=1S/C16H27N5O2.HI/c1-17-16(18-13-14-5-4-12-23-14)21-10-8-20(9-11-21)7-6-15(22)19(2)3;/h4-5,12H,6-11,13H2,1-3H3,(H,17,18);1H. The zero-order valence-electron chi connectivity index (χ0n) is 14.7. The number of guanidine groups is 1. The lowest BCUT2D eigenvalue weighted by atomic mass is 10.3. The number of carbonyl (C=O) groups excluding carboxylic acids is 1. The summed E-state index contributed by atoms with van der Waals surface area (Å²) in [6, 6.07) is 3.83. The maximum Gasteiger partial charge on any atom is 0.223 e. The molecule has 2 heterocycles. The number of furan rings is 1. The second-order valence-corrected chi connectivity index (χ2v) is 5.85. The Morgan fingerprint density at radius 3 is 2.58 bits per heavy atom. The number of aliphatic imine (C=N–C) groups is 1. The molecule has 1 amide bonds. The minimum absolute atomic E-state index is 0. The molecule has 1 aliphatic rings. The van der Waals surface area contributed by atoms with Gasteiger partial charge in [-0.1, -0.05) is 0 Å². The molecule has 1 aromatic heterocycles. The summed E-state index contributed by atoms with van der Waals surface area (Å²) in [4.78, 5) is 22.2. The second-order valence-electron chi connectivity index (χ2n) is 5.85. The molecule has 0 aliphatic carbocycles. The van der Waals surface area contributed by atoms with Crippen molar-refractivity contribution in [1.29, 1.82) is 0 Å². The molecule has 0 bridgehead atoms. The number of rotatable bonds is 5. The SMILES string of the molecule is CN=C(NCc1ccco1)N1CCN(CCC(=O)N(C)C)CC1.I. The topological polar surface area (TPSA) is 64.3 Å². The van der Waals surface area contributed by atoms with Crippen LogP contribution in [0.15, 0.2) is 27.8 Å². The van der Waals surface area contributed by atoms with E-state index < -0.39 is 0 Å². The summed E-state index contributed by atoms with van der Waals surface area (Å²) in [5.41, 5.74) is 0. The Morgan fingerprint density at radius 1 is 1.33 bits per heavy atom. The lowest BCUT2D eigenvalue weighted by Crippen LogP contribution is -2.52. The molecule has 1 aromatic rings. The molecule has 7 nitrogen and oxygen atoms in total. The summed E-state index contributed by atoms with van der Waals surface area (Å²) in [5, 5.41) is 3.32. The number of nitrogens with zero attached hydrogens (tertiary/aromatic N) is 4. The zero-order chi connectivity index (χ0) is 16.7. The van der Waals surface area contributed by atoms with Crippen molar-refractivity contribution in [1.82, 2.24) is 20.0 Å². The number of carbonyl (C=O) groups is 1. The molecule has 1 fully saturated rings. The molecule has 8 heteroatoms. The van der Waals surface area contributed by atoms with Crippen molar-refractivity contribution in [2.75, 3.05) is 53.9 Å². The average Bonchev–Trinajstić information content (AvgIpc) is 3.07. The number of halogens is 1. The first-order valence-electron chi connectivity index (χ1n) is 8.00. The predicted octanol–water partition coefficient (Wildman–Crippen LogP) is 1.07. The van der Waals surface area contributed by atoms with E-state index in [1.807, 2.05) is 12.1 Å². The van der Waals surface area contributed by atoms with Gasteiger partial charge in [0.05, 0.1) is 12.8 Å². The van der Waals surface area contributed by atoms with Crippen molar-refractivity contribution in [2.45, 2.75) is 13.0 Å². The molecule has 1 saturated heterocycles. The molecule has 1 aliphatic heterocycles. The molecule has 24 heavy (non-hydrogen) atoms. The summed E-state index contributed by atoms with van der Waals surface area (Å²) >= 11 is 0. The molecule has 0 unspecified atom stereocenters. The molecule has 2 rings (SSSR count). The summed E-state index contributed by atoms with van der Waals surface area (Å²) in [7, 11) is 5.40. The third kappa shape index (κ3) is 6.31. The number of hydrogen-bond acceptors (Lipinski definition) is 4. The van der Waals surface area contributed by atoms with E-state index in [1.165, 1.54) is 0 Å². The summed E-state index contributed by atoms with van der Waals surface area (Å²) in [6.45, 7) is 5.17. The van der Waals surface area contributed by atoms with Gasteiger partial charge in [0.15, 0.2) is 5.96 Å². The fourth-order valence-electron chi connectivity index (χ4n) is 2.57. The number of hydrogen-bond donors (Lipinski definition) is 1. The van der Waals surface area contributed by atoms with Gasteiger partial charge in [-0.2, -0.15) is 0 Å². The predicted molar refractivity (Wildman–Crippen MR) is 106 cm³/mol. The Bertz CT molecular complexity index is 511. The third-order valence-corrected chi connectivity index (χ3v) is 4.03. The highest BCUT2D eigenvalue weighted by molar-refractivity contribution is 14.0. The summed E-state index contributed by atoms with van der Waals surface area (Å²) in [5.74, 6) is 1.97. The van der Waals surface area contributed by atoms with Crippen molar-refractivity contribution >= 4 is 35.8 Å². The Balaban J connectivity index is 0.00000288. The minimum atomic E-state index is 0. The van der Waals surface area contributed by atoms with E-state index in [-0.39, 0.29) is 29.9 Å². The minimum Gasteiger partial charge on any atom is -0.467 e. The molecule has 1 N–H and O–H groups in total. The highest BCUT2D eigenvalue weighted by atomic mass is 127. The van der Waals surface area contributed by atoms with E-state index in [0.29, 0.717) is 13.0 Å². The van der Waals surface area contributed by atoms with Gasteiger partial charge in [0.1, 0.15) is 5.76 Å². The molecular formula is C16H28IN5O2.